The normalized spacial score (nSPS) is 33.3. The molecule has 298 valence electrons. The molecular weight excluding hydrogens is 663 g/mol. The minimum Gasteiger partial charge on any atom is -0.480 e. The Bertz CT molecular complexity index is 1290. The minimum absolute atomic E-state index is 0.0264. The molecule has 4 saturated carbocycles. The molecule has 0 aliphatic heterocycles. The van der Waals surface area contributed by atoms with Gasteiger partial charge in [-0.3, -0.25) is 14.4 Å². The molecule has 0 aromatic carbocycles. The summed E-state index contributed by atoms with van der Waals surface area (Å²) in [5, 5.41) is 23.3. The quantitative estimate of drug-likeness (QED) is 0.0615. The fraction of sp³-hybridized carbons (Fsp3) is 0.761. The molecule has 7 heteroatoms. The highest BCUT2D eigenvalue weighted by molar-refractivity contribution is 5.81. The lowest BCUT2D eigenvalue weighted by Crippen LogP contribution is -2.59. The maximum Gasteiger partial charge on any atom is 0.322 e. The van der Waals surface area contributed by atoms with Gasteiger partial charge in [0.05, 0.1) is 6.10 Å². The van der Waals surface area contributed by atoms with Crippen molar-refractivity contribution in [2.24, 2.45) is 46.3 Å². The molecule has 3 N–H and O–H groups in total. The largest absolute Gasteiger partial charge is 0.480 e. The third kappa shape index (κ3) is 11.9. The number of amides is 1. The van der Waals surface area contributed by atoms with Gasteiger partial charge in [-0.05, 0) is 149 Å². The Balaban J connectivity index is 1.13. The van der Waals surface area contributed by atoms with E-state index in [9.17, 15) is 19.5 Å². The predicted octanol–water partition coefficient (Wildman–Crippen LogP) is 10.3. The Hall–Kier alpha value is -2.67. The van der Waals surface area contributed by atoms with Crippen LogP contribution in [0.15, 0.2) is 48.6 Å². The maximum atomic E-state index is 12.8. The second-order valence-corrected chi connectivity index (χ2v) is 17.5. The fourth-order valence-corrected chi connectivity index (χ4v) is 11.3. The van der Waals surface area contributed by atoms with Gasteiger partial charge < -0.3 is 20.3 Å². The number of hydrogen-bond acceptors (Lipinski definition) is 5. The molecule has 10 unspecified atom stereocenters. The highest BCUT2D eigenvalue weighted by Crippen LogP contribution is 2.68. The molecule has 4 rings (SSSR count). The molecule has 0 radical (unpaired) electrons. The van der Waals surface area contributed by atoms with Gasteiger partial charge in [0.1, 0.15) is 12.6 Å². The summed E-state index contributed by atoms with van der Waals surface area (Å²) < 4.78 is 6.09. The Kier molecular flexibility index (Phi) is 17.4. The Labute approximate surface area is 321 Å². The van der Waals surface area contributed by atoms with E-state index in [1.807, 2.05) is 0 Å². The number of carbonyl (C=O) groups is 3. The van der Waals surface area contributed by atoms with Crippen LogP contribution in [0, 0.1) is 46.3 Å². The van der Waals surface area contributed by atoms with Crippen molar-refractivity contribution in [1.82, 2.24) is 5.32 Å². The molecule has 7 nitrogen and oxygen atoms in total. The number of carboxylic acid groups (broad SMARTS) is 1. The number of unbranched alkanes of at least 4 members (excludes halogenated alkanes) is 4. The summed E-state index contributed by atoms with van der Waals surface area (Å²) >= 11 is 0. The minimum atomic E-state index is -1.03. The van der Waals surface area contributed by atoms with Gasteiger partial charge in [0.25, 0.3) is 0 Å². The molecule has 4 aliphatic carbocycles. The zero-order chi connectivity index (χ0) is 38.3. The summed E-state index contributed by atoms with van der Waals surface area (Å²) in [5.41, 5.74) is 0.0270. The number of esters is 1. The van der Waals surface area contributed by atoms with Gasteiger partial charge in [0, 0.05) is 12.8 Å². The van der Waals surface area contributed by atoms with Crippen LogP contribution in [-0.2, 0) is 19.1 Å². The van der Waals surface area contributed by atoms with E-state index in [1.54, 1.807) is 0 Å². The summed E-state index contributed by atoms with van der Waals surface area (Å²) in [7, 11) is 0. The van der Waals surface area contributed by atoms with E-state index < -0.39 is 5.97 Å². The van der Waals surface area contributed by atoms with Crippen LogP contribution in [0.4, 0.5) is 0 Å². The van der Waals surface area contributed by atoms with Crippen LogP contribution in [0.1, 0.15) is 156 Å². The second kappa shape index (κ2) is 21.4. The molecule has 0 aromatic heterocycles. The number of fused-ring (bicyclic) bond motifs is 5. The number of aliphatic hydroxyl groups is 1. The number of rotatable bonds is 21. The van der Waals surface area contributed by atoms with Gasteiger partial charge in [-0.15, -0.1) is 0 Å². The number of hydrogen-bond donors (Lipinski definition) is 3. The van der Waals surface area contributed by atoms with Gasteiger partial charge in [0.15, 0.2) is 0 Å². The van der Waals surface area contributed by atoms with E-state index in [1.165, 1.54) is 12.8 Å². The number of aliphatic carboxylic acids is 1. The standard InChI is InChI=1S/C46H73NO6/c1-5-6-7-8-9-10-11-12-13-14-15-16-17-18-19-20-21-22-44(52)53-36-29-30-45(3)35(31-36)24-25-37-39-27-26-38(46(39,4)41(48)32-40(37)45)34(2)23-28-42(49)47-33-43(50)51/h6-7,9-10,12-13,15-16,34-41,48H,5,8,11,14,17-33H2,1-4H3,(H,47,49)(H,50,51)/b7-6-,10-9-,13-12-,16-15-. The first-order chi connectivity index (χ1) is 25.5. The highest BCUT2D eigenvalue weighted by atomic mass is 16.5. The molecule has 1 amide bonds. The molecule has 0 saturated heterocycles. The molecular formula is C46H73NO6. The fourth-order valence-electron chi connectivity index (χ4n) is 11.3. The van der Waals surface area contributed by atoms with E-state index >= 15 is 0 Å². The van der Waals surface area contributed by atoms with Crippen molar-refractivity contribution < 1.29 is 29.3 Å². The number of carbonyl (C=O) groups excluding carboxylic acids is 2. The smallest absolute Gasteiger partial charge is 0.322 e. The monoisotopic (exact) mass is 736 g/mol. The molecule has 0 spiro atoms. The van der Waals surface area contributed by atoms with Gasteiger partial charge >= 0.3 is 11.9 Å². The van der Waals surface area contributed by atoms with Crippen LogP contribution < -0.4 is 5.32 Å². The third-order valence-corrected chi connectivity index (χ3v) is 14.3. The molecule has 4 fully saturated rings. The molecule has 53 heavy (non-hydrogen) atoms. The molecule has 0 aromatic rings. The summed E-state index contributed by atoms with van der Waals surface area (Å²) in [6.07, 6.45) is 37.0. The van der Waals surface area contributed by atoms with Crippen LogP contribution in [0.2, 0.25) is 0 Å². The van der Waals surface area contributed by atoms with Crippen molar-refractivity contribution in [1.29, 1.82) is 0 Å². The lowest BCUT2D eigenvalue weighted by Gasteiger charge is -2.62. The van der Waals surface area contributed by atoms with Crippen molar-refractivity contribution in [3.05, 3.63) is 48.6 Å². The van der Waals surface area contributed by atoms with E-state index in [0.717, 1.165) is 96.3 Å². The Morgan fingerprint density at radius 3 is 2.19 bits per heavy atom. The van der Waals surface area contributed by atoms with E-state index in [2.05, 4.69) is 81.6 Å². The summed E-state index contributed by atoms with van der Waals surface area (Å²) in [4.78, 5) is 35.9. The molecule has 4 aliphatic rings. The zero-order valence-electron chi connectivity index (χ0n) is 33.6. The van der Waals surface area contributed by atoms with Crippen molar-refractivity contribution in [3.63, 3.8) is 0 Å². The number of carboxylic acids is 1. The highest BCUT2D eigenvalue weighted by Gasteiger charge is 2.63. The van der Waals surface area contributed by atoms with Crippen LogP contribution in [0.5, 0.6) is 0 Å². The average Bonchev–Trinajstić information content (AvgIpc) is 3.50. The third-order valence-electron chi connectivity index (χ3n) is 14.3. The van der Waals surface area contributed by atoms with E-state index in [0.29, 0.717) is 54.8 Å². The maximum absolute atomic E-state index is 12.8. The lowest BCUT2D eigenvalue weighted by molar-refractivity contribution is -0.181. The van der Waals surface area contributed by atoms with Crippen molar-refractivity contribution in [3.8, 4) is 0 Å². The average molecular weight is 736 g/mol. The Morgan fingerprint density at radius 1 is 0.811 bits per heavy atom. The summed E-state index contributed by atoms with van der Waals surface area (Å²) in [5.74, 6) is 1.53. The van der Waals surface area contributed by atoms with Crippen LogP contribution >= 0.6 is 0 Å². The van der Waals surface area contributed by atoms with Gasteiger partial charge in [0.2, 0.25) is 5.91 Å². The first kappa shape index (κ1) is 43.1. The number of allylic oxidation sites excluding steroid dienone is 8. The molecule has 0 heterocycles. The predicted molar refractivity (Wildman–Crippen MR) is 214 cm³/mol. The first-order valence-electron chi connectivity index (χ1n) is 21.5. The summed E-state index contributed by atoms with van der Waals surface area (Å²) in [6, 6.07) is 0. The molecule has 0 bridgehead atoms. The second-order valence-electron chi connectivity index (χ2n) is 17.5. The lowest BCUT2D eigenvalue weighted by atomic mass is 9.43. The van der Waals surface area contributed by atoms with E-state index in [4.69, 9.17) is 9.84 Å². The first-order valence-corrected chi connectivity index (χ1v) is 21.5. The van der Waals surface area contributed by atoms with Gasteiger partial charge in [-0.1, -0.05) is 89.1 Å². The number of aliphatic hydroxyl groups excluding tert-OH is 1. The topological polar surface area (TPSA) is 113 Å². The SMILES string of the molecule is CC/C=C\C/C=C\C/C=C\C/C=C\CCCCCCC(=O)OC1CCC2(C)C(CCC3C2CC(O)C2(C)C(C(C)CCC(=O)NCC(=O)O)CCC32)C1. The number of nitrogens with one attached hydrogen (secondary N) is 1. The number of ether oxygens (including phenoxy) is 1. The van der Waals surface area contributed by atoms with Gasteiger partial charge in [-0.2, -0.15) is 0 Å². The van der Waals surface area contributed by atoms with Gasteiger partial charge in [-0.25, -0.2) is 0 Å². The van der Waals surface area contributed by atoms with Crippen molar-refractivity contribution in [2.75, 3.05) is 6.54 Å². The van der Waals surface area contributed by atoms with Crippen LogP contribution in [0.3, 0.4) is 0 Å². The Morgan fingerprint density at radius 2 is 1.49 bits per heavy atom. The van der Waals surface area contributed by atoms with Crippen LogP contribution in [-0.4, -0.2) is 46.8 Å². The van der Waals surface area contributed by atoms with E-state index in [-0.39, 0.29) is 41.5 Å². The van der Waals surface area contributed by atoms with Crippen LogP contribution in [0.25, 0.3) is 0 Å². The zero-order valence-corrected chi connectivity index (χ0v) is 33.6. The van der Waals surface area contributed by atoms with Crippen molar-refractivity contribution >= 4 is 17.8 Å². The summed E-state index contributed by atoms with van der Waals surface area (Å²) in [6.45, 7) is 8.84. The molecule has 10 atom stereocenters. The van der Waals surface area contributed by atoms with Crippen molar-refractivity contribution in [2.45, 2.75) is 168 Å².